The molecule has 2 aromatic rings. The van der Waals surface area contributed by atoms with Crippen LogP contribution in [0.4, 0.5) is 0 Å². The Hall–Kier alpha value is -2.41. The van der Waals surface area contributed by atoms with Crippen LogP contribution in [0.25, 0.3) is 0 Å². The largest absolute Gasteiger partial charge is 0.471 e. The first kappa shape index (κ1) is 12.6. The van der Waals surface area contributed by atoms with Crippen molar-refractivity contribution in [3.63, 3.8) is 0 Å². The number of benzene rings is 1. The van der Waals surface area contributed by atoms with Crippen molar-refractivity contribution in [1.82, 2.24) is 10.2 Å². The second-order valence-electron chi connectivity index (χ2n) is 4.09. The van der Waals surface area contributed by atoms with Gasteiger partial charge in [0.15, 0.2) is 11.5 Å². The molecule has 2 N–H and O–H groups in total. The monoisotopic (exact) mass is 289 g/mol. The van der Waals surface area contributed by atoms with Crippen LogP contribution in [0.1, 0.15) is 11.1 Å². The van der Waals surface area contributed by atoms with E-state index in [9.17, 15) is 0 Å². The highest BCUT2D eigenvalue weighted by molar-refractivity contribution is 7.80. The van der Waals surface area contributed by atoms with Gasteiger partial charge in [0, 0.05) is 0 Å². The van der Waals surface area contributed by atoms with Gasteiger partial charge in [-0.1, -0.05) is 18.3 Å². The van der Waals surface area contributed by atoms with E-state index in [2.05, 4.69) is 10.2 Å². The zero-order valence-electron chi connectivity index (χ0n) is 10.4. The van der Waals surface area contributed by atoms with Gasteiger partial charge in [0.2, 0.25) is 12.7 Å². The summed E-state index contributed by atoms with van der Waals surface area (Å²) >= 11 is 4.94. The molecule has 0 fully saturated rings. The summed E-state index contributed by atoms with van der Waals surface area (Å²) in [7, 11) is 0. The van der Waals surface area contributed by atoms with Crippen LogP contribution in [0, 0.1) is 0 Å². The molecule has 20 heavy (non-hydrogen) atoms. The van der Waals surface area contributed by atoms with Crippen LogP contribution in [-0.2, 0) is 6.61 Å². The molecule has 0 aliphatic carbocycles. The molecule has 2 heterocycles. The molecule has 0 atom stereocenters. The first-order valence-electron chi connectivity index (χ1n) is 5.87. The van der Waals surface area contributed by atoms with E-state index in [0.717, 1.165) is 11.3 Å². The molecule has 0 saturated heterocycles. The number of thiocarbonyl (C=S) groups is 1. The van der Waals surface area contributed by atoms with Crippen LogP contribution >= 0.6 is 12.2 Å². The van der Waals surface area contributed by atoms with Crippen molar-refractivity contribution in [3.8, 4) is 17.4 Å². The molecule has 0 amide bonds. The maximum Gasteiger partial charge on any atom is 0.244 e. The molecule has 0 unspecified atom stereocenters. The topological polar surface area (TPSA) is 79.5 Å². The quantitative estimate of drug-likeness (QED) is 0.852. The Morgan fingerprint density at radius 2 is 2.15 bits per heavy atom. The maximum absolute atomic E-state index is 5.61. The lowest BCUT2D eigenvalue weighted by Crippen LogP contribution is -2.13. The van der Waals surface area contributed by atoms with Crippen molar-refractivity contribution in [2.24, 2.45) is 5.73 Å². The van der Waals surface area contributed by atoms with Gasteiger partial charge in [-0.25, -0.2) is 0 Å². The lowest BCUT2D eigenvalue weighted by atomic mass is 10.2. The molecule has 0 saturated carbocycles. The molecule has 1 aromatic carbocycles. The number of nitrogens with zero attached hydrogens (tertiary/aromatic N) is 2. The van der Waals surface area contributed by atoms with E-state index >= 15 is 0 Å². The van der Waals surface area contributed by atoms with Gasteiger partial charge in [0.25, 0.3) is 0 Å². The summed E-state index contributed by atoms with van der Waals surface area (Å²) in [4.78, 5) is 0.223. The summed E-state index contributed by atoms with van der Waals surface area (Å²) in [6.07, 6.45) is 1.52. The Morgan fingerprint density at radius 3 is 3.00 bits per heavy atom. The first-order valence-corrected chi connectivity index (χ1v) is 6.27. The zero-order valence-corrected chi connectivity index (χ0v) is 11.2. The smallest absolute Gasteiger partial charge is 0.244 e. The number of ether oxygens (including phenoxy) is 3. The Bertz CT molecular complexity index is 663. The van der Waals surface area contributed by atoms with E-state index in [-0.39, 0.29) is 11.8 Å². The highest BCUT2D eigenvalue weighted by atomic mass is 32.1. The number of nitrogens with two attached hydrogens (primary N) is 1. The van der Waals surface area contributed by atoms with Crippen LogP contribution < -0.4 is 19.9 Å². The molecule has 0 radical (unpaired) electrons. The molecular weight excluding hydrogens is 278 g/mol. The molecule has 1 aliphatic rings. The van der Waals surface area contributed by atoms with Crippen molar-refractivity contribution >= 4 is 17.2 Å². The molecule has 1 aliphatic heterocycles. The molecule has 6 nitrogen and oxygen atoms in total. The Balaban J connectivity index is 1.75. The average Bonchev–Trinajstić information content (AvgIpc) is 2.92. The van der Waals surface area contributed by atoms with Gasteiger partial charge in [0.1, 0.15) is 11.6 Å². The minimum absolute atomic E-state index is 0.223. The van der Waals surface area contributed by atoms with Gasteiger partial charge < -0.3 is 19.9 Å². The van der Waals surface area contributed by atoms with Gasteiger partial charge in [-0.3, -0.25) is 0 Å². The highest BCUT2D eigenvalue weighted by Gasteiger charge is 2.14. The zero-order chi connectivity index (χ0) is 13.9. The maximum atomic E-state index is 5.61. The van der Waals surface area contributed by atoms with Crippen LogP contribution in [0.2, 0.25) is 0 Å². The van der Waals surface area contributed by atoms with Crippen molar-refractivity contribution in [2.45, 2.75) is 6.61 Å². The predicted molar refractivity (Wildman–Crippen MR) is 74.8 cm³/mol. The van der Waals surface area contributed by atoms with Crippen molar-refractivity contribution in [1.29, 1.82) is 0 Å². The fraction of sp³-hybridized carbons (Fsp3) is 0.154. The highest BCUT2D eigenvalue weighted by Crippen LogP contribution is 2.32. The van der Waals surface area contributed by atoms with E-state index in [1.165, 1.54) is 6.20 Å². The third-order valence-electron chi connectivity index (χ3n) is 2.76. The second-order valence-corrected chi connectivity index (χ2v) is 4.53. The number of rotatable bonds is 4. The molecule has 0 bridgehead atoms. The summed E-state index contributed by atoms with van der Waals surface area (Å²) in [6, 6.07) is 7.26. The molecule has 0 spiro atoms. The van der Waals surface area contributed by atoms with E-state index in [1.807, 2.05) is 18.2 Å². The fourth-order valence-corrected chi connectivity index (χ4v) is 1.95. The Kier molecular flexibility index (Phi) is 3.34. The Morgan fingerprint density at radius 1 is 1.30 bits per heavy atom. The third-order valence-corrected chi connectivity index (χ3v) is 2.98. The standard InChI is InChI=1S/C13H11N3O3S/c14-12(20)9-3-4-15-16-13(9)17-6-8-1-2-10-11(5-8)19-7-18-10/h1-5H,6-7H2,(H2,14,20). The minimum Gasteiger partial charge on any atom is -0.471 e. The molecule has 3 rings (SSSR count). The third kappa shape index (κ3) is 2.48. The summed E-state index contributed by atoms with van der Waals surface area (Å²) < 4.78 is 16.2. The SMILES string of the molecule is NC(=S)c1ccnnc1OCc1ccc2c(c1)OCO2. The molecular formula is C13H11N3O3S. The van der Waals surface area contributed by atoms with Crippen molar-refractivity contribution in [3.05, 3.63) is 41.6 Å². The lowest BCUT2D eigenvalue weighted by Gasteiger charge is -2.08. The summed E-state index contributed by atoms with van der Waals surface area (Å²) in [5.41, 5.74) is 7.09. The number of fused-ring (bicyclic) bond motifs is 1. The summed E-state index contributed by atoms with van der Waals surface area (Å²) in [5, 5.41) is 7.65. The lowest BCUT2D eigenvalue weighted by molar-refractivity contribution is 0.174. The number of hydrogen-bond donors (Lipinski definition) is 1. The fourth-order valence-electron chi connectivity index (χ4n) is 1.80. The Labute approximate surface area is 120 Å². The number of hydrogen-bond acceptors (Lipinski definition) is 6. The van der Waals surface area contributed by atoms with Crippen LogP contribution in [0.3, 0.4) is 0 Å². The van der Waals surface area contributed by atoms with Crippen LogP contribution in [0.15, 0.2) is 30.5 Å². The van der Waals surface area contributed by atoms with Crippen LogP contribution in [0.5, 0.6) is 17.4 Å². The van der Waals surface area contributed by atoms with Gasteiger partial charge in [-0.05, 0) is 23.8 Å². The summed E-state index contributed by atoms with van der Waals surface area (Å²) in [5.74, 6) is 1.76. The van der Waals surface area contributed by atoms with Gasteiger partial charge in [-0.15, -0.1) is 5.10 Å². The van der Waals surface area contributed by atoms with E-state index < -0.39 is 0 Å². The second kappa shape index (κ2) is 5.30. The average molecular weight is 289 g/mol. The minimum atomic E-state index is 0.223. The van der Waals surface area contributed by atoms with Crippen molar-refractivity contribution in [2.75, 3.05) is 6.79 Å². The molecule has 102 valence electrons. The predicted octanol–water partition coefficient (Wildman–Crippen LogP) is 1.42. The summed E-state index contributed by atoms with van der Waals surface area (Å²) in [6.45, 7) is 0.556. The van der Waals surface area contributed by atoms with Gasteiger partial charge in [-0.2, -0.15) is 5.10 Å². The first-order chi connectivity index (χ1) is 9.74. The van der Waals surface area contributed by atoms with E-state index in [1.54, 1.807) is 6.07 Å². The van der Waals surface area contributed by atoms with Gasteiger partial charge >= 0.3 is 0 Å². The van der Waals surface area contributed by atoms with Gasteiger partial charge in [0.05, 0.1) is 11.8 Å². The number of aromatic nitrogens is 2. The van der Waals surface area contributed by atoms with Crippen LogP contribution in [-0.4, -0.2) is 22.0 Å². The van der Waals surface area contributed by atoms with E-state index in [4.69, 9.17) is 32.2 Å². The molecule has 7 heteroatoms. The van der Waals surface area contributed by atoms with Crippen molar-refractivity contribution < 1.29 is 14.2 Å². The molecule has 1 aromatic heterocycles. The van der Waals surface area contributed by atoms with E-state index in [0.29, 0.717) is 23.8 Å². The normalized spacial score (nSPS) is 12.2.